The Morgan fingerprint density at radius 1 is 0.818 bits per heavy atom. The number of amides is 1. The Bertz CT molecular complexity index is 994. The molecule has 0 atom stereocenters. The van der Waals surface area contributed by atoms with Gasteiger partial charge >= 0.3 is 6.09 Å². The Hall–Kier alpha value is -3.31. The second kappa shape index (κ2) is 12.1. The number of hydrogen-bond acceptors (Lipinski definition) is 4. The minimum absolute atomic E-state index is 0.415. The molecule has 3 rings (SSSR count). The van der Waals surface area contributed by atoms with Gasteiger partial charge in [0.2, 0.25) is 0 Å². The fraction of sp³-hybridized carbons (Fsp3) is 0.321. The molecule has 0 fully saturated rings. The van der Waals surface area contributed by atoms with E-state index in [1.807, 2.05) is 81.4 Å². The largest absolute Gasteiger partial charge is 0.493 e. The SMILES string of the molecule is CC(C)(C)OC(=O)NCc1ccc(-c2cccc(OCCCOCc3ccccc3)c2)cc1. The molecule has 3 aromatic carbocycles. The molecule has 1 amide bonds. The first-order valence-electron chi connectivity index (χ1n) is 11.3. The summed E-state index contributed by atoms with van der Waals surface area (Å²) >= 11 is 0. The smallest absolute Gasteiger partial charge is 0.407 e. The minimum atomic E-state index is -0.504. The number of hydrogen-bond donors (Lipinski definition) is 1. The van der Waals surface area contributed by atoms with Crippen molar-refractivity contribution in [2.45, 2.75) is 45.9 Å². The van der Waals surface area contributed by atoms with E-state index < -0.39 is 11.7 Å². The monoisotopic (exact) mass is 447 g/mol. The first kappa shape index (κ1) is 24.3. The number of alkyl carbamates (subject to hydrolysis) is 1. The molecule has 0 bridgehead atoms. The maximum absolute atomic E-state index is 11.8. The van der Waals surface area contributed by atoms with Crippen LogP contribution in [0.4, 0.5) is 4.79 Å². The van der Waals surface area contributed by atoms with E-state index in [9.17, 15) is 4.79 Å². The lowest BCUT2D eigenvalue weighted by Crippen LogP contribution is -2.32. The highest BCUT2D eigenvalue weighted by Gasteiger charge is 2.15. The van der Waals surface area contributed by atoms with Crippen LogP contribution in [-0.2, 0) is 22.6 Å². The molecule has 0 radical (unpaired) electrons. The van der Waals surface area contributed by atoms with Crippen LogP contribution < -0.4 is 10.1 Å². The quantitative estimate of drug-likeness (QED) is 0.367. The third-order valence-corrected chi connectivity index (χ3v) is 4.77. The Balaban J connectivity index is 1.42. The first-order valence-corrected chi connectivity index (χ1v) is 11.3. The van der Waals surface area contributed by atoms with E-state index in [4.69, 9.17) is 14.2 Å². The van der Waals surface area contributed by atoms with Crippen LogP contribution in [0.1, 0.15) is 38.3 Å². The van der Waals surface area contributed by atoms with E-state index in [0.717, 1.165) is 28.9 Å². The predicted molar refractivity (Wildman–Crippen MR) is 131 cm³/mol. The molecule has 0 heterocycles. The summed E-state index contributed by atoms with van der Waals surface area (Å²) < 4.78 is 16.9. The molecule has 0 spiro atoms. The molecular weight excluding hydrogens is 414 g/mol. The second-order valence-electron chi connectivity index (χ2n) is 8.82. The molecule has 1 N–H and O–H groups in total. The van der Waals surface area contributed by atoms with Crippen LogP contribution in [0.5, 0.6) is 5.75 Å². The number of rotatable bonds is 10. The van der Waals surface area contributed by atoms with E-state index in [1.54, 1.807) is 0 Å². The van der Waals surface area contributed by atoms with Gasteiger partial charge in [0, 0.05) is 13.0 Å². The first-order chi connectivity index (χ1) is 15.9. The van der Waals surface area contributed by atoms with Crippen molar-refractivity contribution >= 4 is 6.09 Å². The second-order valence-corrected chi connectivity index (χ2v) is 8.82. The summed E-state index contributed by atoms with van der Waals surface area (Å²) in [6.45, 7) is 7.85. The van der Waals surface area contributed by atoms with Crippen LogP contribution >= 0.6 is 0 Å². The zero-order valence-electron chi connectivity index (χ0n) is 19.7. The van der Waals surface area contributed by atoms with Gasteiger partial charge in [-0.25, -0.2) is 4.79 Å². The average Bonchev–Trinajstić information content (AvgIpc) is 2.80. The number of ether oxygens (including phenoxy) is 3. The van der Waals surface area contributed by atoms with Gasteiger partial charge in [-0.05, 0) is 55.2 Å². The fourth-order valence-corrected chi connectivity index (χ4v) is 3.18. The molecule has 174 valence electrons. The highest BCUT2D eigenvalue weighted by Crippen LogP contribution is 2.24. The van der Waals surface area contributed by atoms with Gasteiger partial charge in [-0.3, -0.25) is 0 Å². The van der Waals surface area contributed by atoms with Crippen molar-refractivity contribution in [1.29, 1.82) is 0 Å². The Morgan fingerprint density at radius 2 is 1.58 bits per heavy atom. The average molecular weight is 448 g/mol. The Kier molecular flexibility index (Phi) is 8.90. The summed E-state index contributed by atoms with van der Waals surface area (Å²) in [4.78, 5) is 11.8. The maximum atomic E-state index is 11.8. The van der Waals surface area contributed by atoms with E-state index in [0.29, 0.717) is 26.4 Å². The molecule has 0 unspecified atom stereocenters. The lowest BCUT2D eigenvalue weighted by molar-refractivity contribution is 0.0523. The van der Waals surface area contributed by atoms with E-state index in [2.05, 4.69) is 23.5 Å². The van der Waals surface area contributed by atoms with Crippen molar-refractivity contribution in [3.63, 3.8) is 0 Å². The van der Waals surface area contributed by atoms with Crippen molar-refractivity contribution in [3.05, 3.63) is 90.0 Å². The van der Waals surface area contributed by atoms with Crippen molar-refractivity contribution in [3.8, 4) is 16.9 Å². The number of carbonyl (C=O) groups is 1. The maximum Gasteiger partial charge on any atom is 0.407 e. The summed E-state index contributed by atoms with van der Waals surface area (Å²) in [5.74, 6) is 0.839. The highest BCUT2D eigenvalue weighted by molar-refractivity contribution is 5.68. The molecule has 0 saturated carbocycles. The van der Waals surface area contributed by atoms with Crippen molar-refractivity contribution < 1.29 is 19.0 Å². The topological polar surface area (TPSA) is 56.8 Å². The molecule has 5 heteroatoms. The standard InChI is InChI=1S/C28H33NO4/c1-28(2,3)33-27(30)29-20-22-13-15-24(16-14-22)25-11-7-12-26(19-25)32-18-8-17-31-21-23-9-5-4-6-10-23/h4-7,9-16,19H,8,17-18,20-21H2,1-3H3,(H,29,30). The van der Waals surface area contributed by atoms with Gasteiger partial charge in [0.1, 0.15) is 11.4 Å². The zero-order valence-corrected chi connectivity index (χ0v) is 19.7. The van der Waals surface area contributed by atoms with Crippen molar-refractivity contribution in [2.75, 3.05) is 13.2 Å². The summed E-state index contributed by atoms with van der Waals surface area (Å²) in [6.07, 6.45) is 0.415. The van der Waals surface area contributed by atoms with Gasteiger partial charge in [0.15, 0.2) is 0 Å². The molecule has 33 heavy (non-hydrogen) atoms. The highest BCUT2D eigenvalue weighted by atomic mass is 16.6. The molecule has 3 aromatic rings. The summed E-state index contributed by atoms with van der Waals surface area (Å²) in [7, 11) is 0. The van der Waals surface area contributed by atoms with Gasteiger partial charge in [-0.2, -0.15) is 0 Å². The van der Waals surface area contributed by atoms with E-state index in [-0.39, 0.29) is 0 Å². The van der Waals surface area contributed by atoms with Crippen LogP contribution in [0.2, 0.25) is 0 Å². The molecular formula is C28H33NO4. The Morgan fingerprint density at radius 3 is 2.30 bits per heavy atom. The van der Waals surface area contributed by atoms with Gasteiger partial charge in [0.05, 0.1) is 19.8 Å². The van der Waals surface area contributed by atoms with Crippen molar-refractivity contribution in [1.82, 2.24) is 5.32 Å². The number of benzene rings is 3. The van der Waals surface area contributed by atoms with E-state index in [1.165, 1.54) is 5.56 Å². The summed E-state index contributed by atoms with van der Waals surface area (Å²) in [5, 5.41) is 2.78. The predicted octanol–water partition coefficient (Wildman–Crippen LogP) is 6.36. The van der Waals surface area contributed by atoms with Crippen LogP contribution in [0, 0.1) is 0 Å². The van der Waals surface area contributed by atoms with Gasteiger partial charge < -0.3 is 19.5 Å². The minimum Gasteiger partial charge on any atom is -0.493 e. The van der Waals surface area contributed by atoms with Gasteiger partial charge in [0.25, 0.3) is 0 Å². The molecule has 0 aliphatic heterocycles. The van der Waals surface area contributed by atoms with Crippen molar-refractivity contribution in [2.24, 2.45) is 0 Å². The van der Waals surface area contributed by atoms with E-state index >= 15 is 0 Å². The van der Waals surface area contributed by atoms with Gasteiger partial charge in [-0.1, -0.05) is 66.7 Å². The Labute approximate surface area is 196 Å². The molecule has 0 saturated heterocycles. The lowest BCUT2D eigenvalue weighted by atomic mass is 10.0. The molecule has 5 nitrogen and oxygen atoms in total. The van der Waals surface area contributed by atoms with Gasteiger partial charge in [-0.15, -0.1) is 0 Å². The summed E-state index contributed by atoms with van der Waals surface area (Å²) in [5.41, 5.74) is 3.85. The third-order valence-electron chi connectivity index (χ3n) is 4.77. The normalized spacial score (nSPS) is 11.1. The number of nitrogens with one attached hydrogen (secondary N) is 1. The number of carbonyl (C=O) groups excluding carboxylic acids is 1. The van der Waals surface area contributed by atoms with Crippen LogP contribution in [-0.4, -0.2) is 24.9 Å². The van der Waals surface area contributed by atoms with Crippen LogP contribution in [0.3, 0.4) is 0 Å². The molecule has 0 aliphatic carbocycles. The third kappa shape index (κ3) is 8.99. The zero-order chi connectivity index (χ0) is 23.5. The fourth-order valence-electron chi connectivity index (χ4n) is 3.18. The summed E-state index contributed by atoms with van der Waals surface area (Å²) in [6, 6.07) is 26.3. The lowest BCUT2D eigenvalue weighted by Gasteiger charge is -2.19. The van der Waals surface area contributed by atoms with Crippen LogP contribution in [0.25, 0.3) is 11.1 Å². The molecule has 0 aliphatic rings. The molecule has 0 aromatic heterocycles. The van der Waals surface area contributed by atoms with Crippen LogP contribution in [0.15, 0.2) is 78.9 Å².